The number of allylic oxidation sites excluding steroid dienone is 4. The Morgan fingerprint density at radius 1 is 0.914 bits per heavy atom. The summed E-state index contributed by atoms with van der Waals surface area (Å²) in [5.74, 6) is 0.317. The van der Waals surface area contributed by atoms with E-state index in [1.165, 1.54) is 36.8 Å². The lowest BCUT2D eigenvalue weighted by atomic mass is 9.82. The van der Waals surface area contributed by atoms with E-state index in [0.717, 1.165) is 45.1 Å². The Morgan fingerprint density at radius 3 is 2.49 bits per heavy atom. The number of halogens is 1. The molecule has 1 aliphatic carbocycles. The molecule has 2 nitrogen and oxygen atoms in total. The molecule has 0 radical (unpaired) electrons. The summed E-state index contributed by atoms with van der Waals surface area (Å²) in [7, 11) is 0. The molecule has 0 fully saturated rings. The summed E-state index contributed by atoms with van der Waals surface area (Å²) in [4.78, 5) is 5.13. The molecule has 1 heterocycles. The van der Waals surface area contributed by atoms with Crippen LogP contribution in [0.4, 0.5) is 5.69 Å². The van der Waals surface area contributed by atoms with Crippen molar-refractivity contribution in [2.45, 2.75) is 46.5 Å². The Hall–Kier alpha value is -2.92. The van der Waals surface area contributed by atoms with Gasteiger partial charge in [0, 0.05) is 37.5 Å². The van der Waals surface area contributed by atoms with Crippen molar-refractivity contribution in [3.8, 4) is 16.9 Å². The van der Waals surface area contributed by atoms with Crippen LogP contribution in [0.2, 0.25) is 0 Å². The fraction of sp³-hybridized carbons (Fsp3) is 0.219. The molecule has 174 valence electrons. The Morgan fingerprint density at radius 2 is 1.71 bits per heavy atom. The van der Waals surface area contributed by atoms with Crippen molar-refractivity contribution in [1.29, 1.82) is 0 Å². The van der Waals surface area contributed by atoms with Gasteiger partial charge in [-0.3, -0.25) is 4.99 Å². The SMILES string of the molecule is CC1=CCC2=Nc3c(c(C)c(-c4c(O)ccc5cc(C(C)(C)C)ccc45)c4c(I)cccc34)C2=C1. The van der Waals surface area contributed by atoms with E-state index in [0.29, 0.717) is 5.75 Å². The minimum absolute atomic E-state index is 0.0599. The number of phenolic OH excluding ortho intramolecular Hbond substituents is 1. The molecular formula is C32H28INO. The van der Waals surface area contributed by atoms with Gasteiger partial charge in [0.25, 0.3) is 0 Å². The van der Waals surface area contributed by atoms with E-state index in [9.17, 15) is 5.11 Å². The number of hydrogen-bond acceptors (Lipinski definition) is 2. The highest BCUT2D eigenvalue weighted by Crippen LogP contribution is 2.52. The summed E-state index contributed by atoms with van der Waals surface area (Å²) >= 11 is 2.43. The van der Waals surface area contributed by atoms with Gasteiger partial charge in [0.2, 0.25) is 0 Å². The minimum atomic E-state index is 0.0599. The standard InChI is InChI=1S/C32H28INO/c1-17-9-13-25-23(15-17)27-18(2)28(29-22(31(27)34-25)7-6-8-24(29)33)30-21-12-11-20(32(3,4)5)16-19(21)10-14-26(30)35/h6-12,14-16,35H,13H2,1-5H3. The fourth-order valence-corrected chi connectivity index (χ4v) is 6.37. The second kappa shape index (κ2) is 7.79. The molecule has 0 saturated carbocycles. The summed E-state index contributed by atoms with van der Waals surface area (Å²) < 4.78 is 1.17. The first-order chi connectivity index (χ1) is 16.6. The van der Waals surface area contributed by atoms with Crippen LogP contribution in [0.3, 0.4) is 0 Å². The summed E-state index contributed by atoms with van der Waals surface area (Å²) in [6.07, 6.45) is 5.38. The Bertz CT molecular complexity index is 1680. The first kappa shape index (κ1) is 22.5. The van der Waals surface area contributed by atoms with Crippen LogP contribution in [-0.2, 0) is 5.41 Å². The average molecular weight is 569 g/mol. The minimum Gasteiger partial charge on any atom is -0.507 e. The van der Waals surface area contributed by atoms with Gasteiger partial charge in [0.15, 0.2) is 0 Å². The third-order valence-electron chi connectivity index (χ3n) is 7.44. The molecule has 4 aromatic rings. The van der Waals surface area contributed by atoms with Crippen LogP contribution >= 0.6 is 22.6 Å². The van der Waals surface area contributed by atoms with Crippen LogP contribution in [-0.4, -0.2) is 10.8 Å². The van der Waals surface area contributed by atoms with Crippen LogP contribution < -0.4 is 0 Å². The van der Waals surface area contributed by atoms with E-state index in [4.69, 9.17) is 4.99 Å². The van der Waals surface area contributed by atoms with Gasteiger partial charge in [-0.15, -0.1) is 0 Å². The summed E-state index contributed by atoms with van der Waals surface area (Å²) in [5.41, 5.74) is 10.5. The fourth-order valence-electron chi connectivity index (χ4n) is 5.60. The van der Waals surface area contributed by atoms with Gasteiger partial charge < -0.3 is 5.11 Å². The number of fused-ring (bicyclic) bond motifs is 6. The Balaban J connectivity index is 1.76. The molecular weight excluding hydrogens is 541 g/mol. The molecule has 0 unspecified atom stereocenters. The number of hydrogen-bond donors (Lipinski definition) is 1. The van der Waals surface area contributed by atoms with Crippen molar-refractivity contribution < 1.29 is 5.11 Å². The third kappa shape index (κ3) is 3.39. The van der Waals surface area contributed by atoms with Crippen LogP contribution in [0.25, 0.3) is 38.2 Å². The van der Waals surface area contributed by atoms with Crippen molar-refractivity contribution in [3.63, 3.8) is 0 Å². The molecule has 0 saturated heterocycles. The number of benzene rings is 4. The van der Waals surface area contributed by atoms with Crippen LogP contribution in [0.1, 0.15) is 50.8 Å². The molecule has 4 aromatic carbocycles. The lowest BCUT2D eigenvalue weighted by Crippen LogP contribution is -2.10. The number of aromatic hydroxyl groups is 1. The molecule has 3 heteroatoms. The lowest BCUT2D eigenvalue weighted by molar-refractivity contribution is 0.478. The highest BCUT2D eigenvalue weighted by molar-refractivity contribution is 14.1. The van der Waals surface area contributed by atoms with Crippen LogP contribution in [0, 0.1) is 10.5 Å². The first-order valence-electron chi connectivity index (χ1n) is 12.1. The Labute approximate surface area is 220 Å². The zero-order chi connectivity index (χ0) is 24.6. The number of phenols is 1. The van der Waals surface area contributed by atoms with Gasteiger partial charge >= 0.3 is 0 Å². The van der Waals surface area contributed by atoms with Crippen molar-refractivity contribution in [2.24, 2.45) is 4.99 Å². The second-order valence-electron chi connectivity index (χ2n) is 10.8. The van der Waals surface area contributed by atoms with Gasteiger partial charge in [-0.25, -0.2) is 0 Å². The Kier molecular flexibility index (Phi) is 5.02. The van der Waals surface area contributed by atoms with Crippen molar-refractivity contribution in [1.82, 2.24) is 0 Å². The summed E-state index contributed by atoms with van der Waals surface area (Å²) in [5, 5.41) is 15.9. The summed E-state index contributed by atoms with van der Waals surface area (Å²) in [6.45, 7) is 11.1. The van der Waals surface area contributed by atoms with E-state index >= 15 is 0 Å². The number of nitrogens with zero attached hydrogens (tertiary/aromatic N) is 1. The van der Waals surface area contributed by atoms with Gasteiger partial charge in [-0.05, 0) is 87.5 Å². The molecule has 0 spiro atoms. The predicted molar refractivity (Wildman–Crippen MR) is 158 cm³/mol. The van der Waals surface area contributed by atoms with Crippen molar-refractivity contribution in [2.75, 3.05) is 0 Å². The largest absolute Gasteiger partial charge is 0.507 e. The maximum atomic E-state index is 11.3. The molecule has 0 aromatic heterocycles. The van der Waals surface area contributed by atoms with E-state index in [1.54, 1.807) is 0 Å². The molecule has 6 rings (SSSR count). The van der Waals surface area contributed by atoms with Gasteiger partial charge in [0.1, 0.15) is 5.75 Å². The van der Waals surface area contributed by atoms with E-state index in [1.807, 2.05) is 12.1 Å². The lowest BCUT2D eigenvalue weighted by Gasteiger charge is -2.22. The monoisotopic (exact) mass is 569 g/mol. The molecule has 2 aliphatic rings. The zero-order valence-electron chi connectivity index (χ0n) is 20.8. The van der Waals surface area contributed by atoms with Gasteiger partial charge in [-0.1, -0.05) is 68.8 Å². The maximum Gasteiger partial charge on any atom is 0.124 e. The van der Waals surface area contributed by atoms with E-state index < -0.39 is 0 Å². The first-order valence-corrected chi connectivity index (χ1v) is 13.2. The molecule has 35 heavy (non-hydrogen) atoms. The smallest absolute Gasteiger partial charge is 0.124 e. The summed E-state index contributed by atoms with van der Waals surface area (Å²) in [6, 6.07) is 17.0. The van der Waals surface area contributed by atoms with Crippen LogP contribution in [0.5, 0.6) is 5.75 Å². The highest BCUT2D eigenvalue weighted by atomic mass is 127. The van der Waals surface area contributed by atoms with E-state index in [2.05, 4.69) is 106 Å². The predicted octanol–water partition coefficient (Wildman–Crippen LogP) is 9.40. The molecule has 0 amide bonds. The van der Waals surface area contributed by atoms with Crippen LogP contribution in [0.15, 0.2) is 71.2 Å². The molecule has 0 atom stereocenters. The highest BCUT2D eigenvalue weighted by Gasteiger charge is 2.30. The van der Waals surface area contributed by atoms with Gasteiger partial charge in [-0.2, -0.15) is 0 Å². The third-order valence-corrected chi connectivity index (χ3v) is 8.33. The van der Waals surface area contributed by atoms with Gasteiger partial charge in [0.05, 0.1) is 11.4 Å². The molecule has 0 bridgehead atoms. The average Bonchev–Trinajstić information content (AvgIpc) is 3.19. The zero-order valence-corrected chi connectivity index (χ0v) is 22.9. The van der Waals surface area contributed by atoms with Crippen molar-refractivity contribution >= 4 is 61.1 Å². The topological polar surface area (TPSA) is 32.6 Å². The normalized spacial score (nSPS) is 15.1. The molecule has 1 N–H and O–H groups in total. The second-order valence-corrected chi connectivity index (χ2v) is 12.0. The van der Waals surface area contributed by atoms with E-state index in [-0.39, 0.29) is 5.41 Å². The number of rotatable bonds is 1. The maximum absolute atomic E-state index is 11.3. The number of aliphatic imine (C=N–C) groups is 1. The quantitative estimate of drug-likeness (QED) is 0.228. The van der Waals surface area contributed by atoms with Crippen molar-refractivity contribution in [3.05, 3.63) is 86.5 Å². The molecule has 1 aliphatic heterocycles.